The summed E-state index contributed by atoms with van der Waals surface area (Å²) in [5, 5.41) is 0. The summed E-state index contributed by atoms with van der Waals surface area (Å²) in [6.07, 6.45) is 8.99. The molecular formula is C32H27FN2O2. The van der Waals surface area contributed by atoms with E-state index < -0.39 is 5.41 Å². The Bertz CT molecular complexity index is 1520. The molecule has 0 saturated carbocycles. The highest BCUT2D eigenvalue weighted by Gasteiger charge is 2.43. The molecule has 0 bridgehead atoms. The van der Waals surface area contributed by atoms with Gasteiger partial charge in [0.15, 0.2) is 11.6 Å². The van der Waals surface area contributed by atoms with Crippen LogP contribution in [0.5, 0.6) is 0 Å². The van der Waals surface area contributed by atoms with Gasteiger partial charge in [0.2, 0.25) is 0 Å². The van der Waals surface area contributed by atoms with Crippen LogP contribution in [-0.2, 0) is 16.6 Å². The van der Waals surface area contributed by atoms with Gasteiger partial charge in [-0.3, -0.25) is 19.6 Å². The van der Waals surface area contributed by atoms with Crippen LogP contribution in [-0.4, -0.2) is 21.5 Å². The second kappa shape index (κ2) is 9.66. The minimum atomic E-state index is -0.734. The van der Waals surface area contributed by atoms with Crippen LogP contribution in [0.15, 0.2) is 85.3 Å². The maximum absolute atomic E-state index is 13.7. The van der Waals surface area contributed by atoms with E-state index in [4.69, 9.17) is 0 Å². The van der Waals surface area contributed by atoms with Crippen LogP contribution in [0, 0.1) is 12.7 Å². The van der Waals surface area contributed by atoms with E-state index >= 15 is 0 Å². The van der Waals surface area contributed by atoms with E-state index in [0.717, 1.165) is 33.4 Å². The topological polar surface area (TPSA) is 59.9 Å². The number of halogens is 1. The highest BCUT2D eigenvalue weighted by atomic mass is 19.1. The molecule has 5 rings (SSSR count). The molecule has 37 heavy (non-hydrogen) atoms. The zero-order chi connectivity index (χ0) is 26.2. The summed E-state index contributed by atoms with van der Waals surface area (Å²) in [7, 11) is 0. The van der Waals surface area contributed by atoms with Gasteiger partial charge < -0.3 is 0 Å². The molecule has 1 atom stereocenters. The first-order valence-corrected chi connectivity index (χ1v) is 12.3. The molecule has 0 saturated heterocycles. The maximum Gasteiger partial charge on any atom is 0.187 e. The fourth-order valence-corrected chi connectivity index (χ4v) is 5.24. The van der Waals surface area contributed by atoms with Crippen LogP contribution in [0.3, 0.4) is 0 Å². The third kappa shape index (κ3) is 4.65. The summed E-state index contributed by atoms with van der Waals surface area (Å²) in [4.78, 5) is 35.6. The SMILES string of the molecule is Cc1ncc(-c2cccc3c2C(C)(C)C(=O)C(c2cccnc2)C3)cc1C(=O)/C=C/c1ccc(F)cc1. The van der Waals surface area contributed by atoms with Crippen molar-refractivity contribution in [2.45, 2.75) is 38.5 Å². The zero-order valence-electron chi connectivity index (χ0n) is 21.0. The Morgan fingerprint density at radius 1 is 1.05 bits per heavy atom. The van der Waals surface area contributed by atoms with Crippen molar-refractivity contribution >= 4 is 17.6 Å². The first-order chi connectivity index (χ1) is 17.8. The van der Waals surface area contributed by atoms with Crippen LogP contribution >= 0.6 is 0 Å². The highest BCUT2D eigenvalue weighted by molar-refractivity contribution is 6.08. The van der Waals surface area contributed by atoms with Crippen LogP contribution in [0.2, 0.25) is 0 Å². The Morgan fingerprint density at radius 2 is 1.84 bits per heavy atom. The number of nitrogens with zero attached hydrogens (tertiary/aromatic N) is 2. The molecule has 0 aliphatic heterocycles. The van der Waals surface area contributed by atoms with E-state index in [1.54, 1.807) is 43.7 Å². The van der Waals surface area contributed by atoms with Crippen LogP contribution in [0.25, 0.3) is 17.2 Å². The number of hydrogen-bond acceptors (Lipinski definition) is 4. The minimum absolute atomic E-state index is 0.152. The van der Waals surface area contributed by atoms with E-state index in [1.165, 1.54) is 18.2 Å². The van der Waals surface area contributed by atoms with Crippen molar-refractivity contribution in [3.63, 3.8) is 0 Å². The summed E-state index contributed by atoms with van der Waals surface area (Å²) < 4.78 is 13.2. The molecular weight excluding hydrogens is 463 g/mol. The number of pyridine rings is 2. The molecule has 4 aromatic rings. The molecule has 0 spiro atoms. The second-order valence-corrected chi connectivity index (χ2v) is 9.98. The van der Waals surface area contributed by atoms with E-state index in [2.05, 4.69) is 16.0 Å². The van der Waals surface area contributed by atoms with E-state index in [0.29, 0.717) is 17.7 Å². The first-order valence-electron chi connectivity index (χ1n) is 12.3. The van der Waals surface area contributed by atoms with Gasteiger partial charge in [0, 0.05) is 46.7 Å². The van der Waals surface area contributed by atoms with Gasteiger partial charge in [-0.1, -0.05) is 42.5 Å². The van der Waals surface area contributed by atoms with Crippen molar-refractivity contribution in [1.82, 2.24) is 9.97 Å². The van der Waals surface area contributed by atoms with Gasteiger partial charge in [0.25, 0.3) is 0 Å². The monoisotopic (exact) mass is 490 g/mol. The van der Waals surface area contributed by atoms with Crippen molar-refractivity contribution < 1.29 is 14.0 Å². The van der Waals surface area contributed by atoms with Gasteiger partial charge in [-0.25, -0.2) is 4.39 Å². The molecule has 1 unspecified atom stereocenters. The zero-order valence-corrected chi connectivity index (χ0v) is 21.0. The lowest BCUT2D eigenvalue weighted by molar-refractivity contribution is -0.125. The summed E-state index contributed by atoms with van der Waals surface area (Å²) in [6.45, 7) is 5.74. The van der Waals surface area contributed by atoms with Gasteiger partial charge >= 0.3 is 0 Å². The number of carbonyl (C=O) groups is 2. The van der Waals surface area contributed by atoms with Crippen LogP contribution < -0.4 is 0 Å². The van der Waals surface area contributed by atoms with Gasteiger partial charge in [-0.05, 0) is 85.4 Å². The van der Waals surface area contributed by atoms with E-state index in [1.807, 2.05) is 44.2 Å². The summed E-state index contributed by atoms with van der Waals surface area (Å²) in [6, 6.07) is 17.7. The van der Waals surface area contributed by atoms with Gasteiger partial charge in [-0.15, -0.1) is 0 Å². The number of carbonyl (C=O) groups excluding carboxylic acids is 2. The predicted molar refractivity (Wildman–Crippen MR) is 143 cm³/mol. The predicted octanol–water partition coefficient (Wildman–Crippen LogP) is 6.67. The molecule has 0 amide bonds. The number of benzene rings is 2. The second-order valence-electron chi connectivity index (χ2n) is 9.98. The Kier molecular flexibility index (Phi) is 6.38. The van der Waals surface area contributed by atoms with Crippen LogP contribution in [0.1, 0.15) is 58.1 Å². The van der Waals surface area contributed by atoms with Crippen molar-refractivity contribution in [3.05, 3.63) is 125 Å². The molecule has 1 aliphatic rings. The van der Waals surface area contributed by atoms with Crippen molar-refractivity contribution in [2.75, 3.05) is 0 Å². The Balaban J connectivity index is 1.53. The Labute approximate surface area is 215 Å². The first kappa shape index (κ1) is 24.4. The Hall–Kier alpha value is -4.25. The third-order valence-corrected chi connectivity index (χ3v) is 7.18. The van der Waals surface area contributed by atoms with Gasteiger partial charge in [-0.2, -0.15) is 0 Å². The number of fused-ring (bicyclic) bond motifs is 1. The molecule has 2 aromatic carbocycles. The minimum Gasteiger partial charge on any atom is -0.298 e. The molecule has 1 aliphatic carbocycles. The van der Waals surface area contributed by atoms with Crippen molar-refractivity contribution in [1.29, 1.82) is 0 Å². The fraction of sp³-hybridized carbons (Fsp3) is 0.188. The van der Waals surface area contributed by atoms with Gasteiger partial charge in [0.1, 0.15) is 5.82 Å². The lowest BCUT2D eigenvalue weighted by Crippen LogP contribution is -2.40. The van der Waals surface area contributed by atoms with Gasteiger partial charge in [0.05, 0.1) is 0 Å². The molecule has 0 fully saturated rings. The normalized spacial score (nSPS) is 16.5. The lowest BCUT2D eigenvalue weighted by Gasteiger charge is -2.37. The molecule has 5 heteroatoms. The smallest absolute Gasteiger partial charge is 0.187 e. The van der Waals surface area contributed by atoms with E-state index in [-0.39, 0.29) is 23.3 Å². The lowest BCUT2D eigenvalue weighted by atomic mass is 9.64. The number of aryl methyl sites for hydroxylation is 1. The number of rotatable bonds is 5. The average Bonchev–Trinajstić information content (AvgIpc) is 2.91. The summed E-state index contributed by atoms with van der Waals surface area (Å²) >= 11 is 0. The molecule has 4 nitrogen and oxygen atoms in total. The number of Topliss-reactive ketones (excluding diaryl/α,β-unsaturated/α-hetero) is 1. The largest absolute Gasteiger partial charge is 0.298 e. The number of allylic oxidation sites excluding steroid dienone is 1. The average molecular weight is 491 g/mol. The molecule has 2 aromatic heterocycles. The van der Waals surface area contributed by atoms with Crippen molar-refractivity contribution in [3.8, 4) is 11.1 Å². The highest BCUT2D eigenvalue weighted by Crippen LogP contribution is 2.45. The van der Waals surface area contributed by atoms with E-state index in [9.17, 15) is 14.0 Å². The third-order valence-electron chi connectivity index (χ3n) is 7.18. The number of hydrogen-bond donors (Lipinski definition) is 0. The standard InChI is InChI=1S/C32H27FN2O2/c1-20-27(29(36)14-11-21-9-12-25(33)13-10-21)17-24(19-35-20)26-8-4-6-22-16-28(23-7-5-15-34-18-23)31(37)32(2,3)30(22)26/h4-15,17-19,28H,16H2,1-3H3/b14-11+. The molecule has 0 N–H and O–H groups in total. The molecule has 0 radical (unpaired) electrons. The molecule has 2 heterocycles. The fourth-order valence-electron chi connectivity index (χ4n) is 5.24. The maximum atomic E-state index is 13.7. The molecule has 184 valence electrons. The summed E-state index contributed by atoms with van der Waals surface area (Å²) in [5.74, 6) is -0.612. The van der Waals surface area contributed by atoms with Crippen LogP contribution in [0.4, 0.5) is 4.39 Å². The quantitative estimate of drug-likeness (QED) is 0.231. The number of ketones is 2. The number of aromatic nitrogens is 2. The summed E-state index contributed by atoms with van der Waals surface area (Å²) in [5.41, 5.74) is 5.82. The Morgan fingerprint density at radius 3 is 2.57 bits per heavy atom. The van der Waals surface area contributed by atoms with Crippen molar-refractivity contribution in [2.24, 2.45) is 0 Å².